The van der Waals surface area contributed by atoms with Crippen LogP contribution >= 0.6 is 11.6 Å². The number of nitrogens with zero attached hydrogens (tertiary/aromatic N) is 4. The standard InChI is InChI=1S/C14H23ClN4/c1-10(2)12-13(15)16-9-17-14(12)19-7-5-11(6-8-19)18(3)4/h9-11H,5-8H2,1-4H3. The van der Waals surface area contributed by atoms with E-state index in [9.17, 15) is 0 Å². The lowest BCUT2D eigenvalue weighted by atomic mass is 10.0. The van der Waals surface area contributed by atoms with Gasteiger partial charge >= 0.3 is 0 Å². The van der Waals surface area contributed by atoms with Crippen LogP contribution in [0.4, 0.5) is 5.82 Å². The first kappa shape index (κ1) is 14.5. The molecule has 1 aliphatic rings. The Bertz CT molecular complexity index is 425. The molecule has 0 aliphatic carbocycles. The molecule has 0 spiro atoms. The third-order valence-electron chi connectivity index (χ3n) is 3.89. The van der Waals surface area contributed by atoms with Crippen LogP contribution in [-0.4, -0.2) is 48.1 Å². The van der Waals surface area contributed by atoms with Gasteiger partial charge in [0.05, 0.1) is 0 Å². The van der Waals surface area contributed by atoms with Crippen molar-refractivity contribution in [1.82, 2.24) is 14.9 Å². The summed E-state index contributed by atoms with van der Waals surface area (Å²) in [6.07, 6.45) is 3.92. The summed E-state index contributed by atoms with van der Waals surface area (Å²) in [6.45, 7) is 6.35. The summed E-state index contributed by atoms with van der Waals surface area (Å²) in [5.74, 6) is 1.36. The third-order valence-corrected chi connectivity index (χ3v) is 4.19. The molecule has 0 atom stereocenters. The molecule has 1 aromatic rings. The van der Waals surface area contributed by atoms with Gasteiger partial charge in [0.1, 0.15) is 17.3 Å². The number of hydrogen-bond donors (Lipinski definition) is 0. The van der Waals surface area contributed by atoms with Crippen LogP contribution in [0, 0.1) is 0 Å². The fourth-order valence-electron chi connectivity index (χ4n) is 2.71. The normalized spacial score (nSPS) is 17.5. The molecule has 1 fully saturated rings. The smallest absolute Gasteiger partial charge is 0.138 e. The van der Waals surface area contributed by atoms with Crippen LogP contribution in [0.25, 0.3) is 0 Å². The van der Waals surface area contributed by atoms with Crippen molar-refractivity contribution in [3.8, 4) is 0 Å². The Morgan fingerprint density at radius 3 is 2.42 bits per heavy atom. The monoisotopic (exact) mass is 282 g/mol. The van der Waals surface area contributed by atoms with Crippen molar-refractivity contribution < 1.29 is 0 Å². The Labute approximate surface area is 120 Å². The zero-order valence-corrected chi connectivity index (χ0v) is 13.0. The molecule has 2 heterocycles. The average molecular weight is 283 g/mol. The van der Waals surface area contributed by atoms with Crippen LogP contribution in [0.15, 0.2) is 6.33 Å². The van der Waals surface area contributed by atoms with Gasteiger partial charge in [-0.3, -0.25) is 0 Å². The third kappa shape index (κ3) is 3.18. The highest BCUT2D eigenvalue weighted by atomic mass is 35.5. The van der Waals surface area contributed by atoms with Crippen LogP contribution in [-0.2, 0) is 0 Å². The highest BCUT2D eigenvalue weighted by molar-refractivity contribution is 6.30. The summed E-state index contributed by atoms with van der Waals surface area (Å²) in [5, 5.41) is 0.592. The Morgan fingerprint density at radius 2 is 1.89 bits per heavy atom. The molecule has 0 radical (unpaired) electrons. The molecule has 5 heteroatoms. The van der Waals surface area contributed by atoms with E-state index in [1.807, 2.05) is 0 Å². The Balaban J connectivity index is 2.18. The second-order valence-electron chi connectivity index (χ2n) is 5.74. The lowest BCUT2D eigenvalue weighted by molar-refractivity contribution is 0.249. The van der Waals surface area contributed by atoms with Gasteiger partial charge in [0.25, 0.3) is 0 Å². The fourth-order valence-corrected chi connectivity index (χ4v) is 3.05. The molecule has 1 aromatic heterocycles. The maximum absolute atomic E-state index is 6.24. The van der Waals surface area contributed by atoms with Crippen molar-refractivity contribution in [2.45, 2.75) is 38.6 Å². The van der Waals surface area contributed by atoms with E-state index in [2.05, 4.69) is 47.7 Å². The number of aromatic nitrogens is 2. The molecule has 2 rings (SSSR count). The maximum atomic E-state index is 6.24. The van der Waals surface area contributed by atoms with E-state index in [1.165, 1.54) is 12.8 Å². The van der Waals surface area contributed by atoms with E-state index in [0.29, 0.717) is 17.1 Å². The van der Waals surface area contributed by atoms with E-state index >= 15 is 0 Å². The van der Waals surface area contributed by atoms with Gasteiger partial charge in [-0.15, -0.1) is 0 Å². The van der Waals surface area contributed by atoms with Gasteiger partial charge in [-0.25, -0.2) is 9.97 Å². The molecule has 4 nitrogen and oxygen atoms in total. The van der Waals surface area contributed by atoms with Gasteiger partial charge < -0.3 is 9.80 Å². The van der Waals surface area contributed by atoms with Crippen LogP contribution in [0.2, 0.25) is 5.15 Å². The van der Waals surface area contributed by atoms with Crippen molar-refractivity contribution >= 4 is 17.4 Å². The Hall–Kier alpha value is -0.870. The molecular formula is C14H23ClN4. The van der Waals surface area contributed by atoms with Crippen molar-refractivity contribution in [1.29, 1.82) is 0 Å². The second-order valence-corrected chi connectivity index (χ2v) is 6.10. The van der Waals surface area contributed by atoms with Crippen molar-refractivity contribution in [2.75, 3.05) is 32.1 Å². The topological polar surface area (TPSA) is 32.3 Å². The van der Waals surface area contributed by atoms with E-state index in [0.717, 1.165) is 24.5 Å². The number of rotatable bonds is 3. The second kappa shape index (κ2) is 6.06. The molecule has 0 unspecified atom stereocenters. The van der Waals surface area contributed by atoms with E-state index in [1.54, 1.807) is 6.33 Å². The fraction of sp³-hybridized carbons (Fsp3) is 0.714. The quantitative estimate of drug-likeness (QED) is 0.798. The Morgan fingerprint density at radius 1 is 1.26 bits per heavy atom. The van der Waals surface area contributed by atoms with E-state index < -0.39 is 0 Å². The maximum Gasteiger partial charge on any atom is 0.138 e. The predicted octanol–water partition coefficient (Wildman–Crippen LogP) is 2.78. The highest BCUT2D eigenvalue weighted by Crippen LogP contribution is 2.32. The van der Waals surface area contributed by atoms with Crippen LogP contribution in [0.3, 0.4) is 0 Å². The van der Waals surface area contributed by atoms with Gasteiger partial charge in [-0.1, -0.05) is 25.4 Å². The SMILES string of the molecule is CC(C)c1c(Cl)ncnc1N1CCC(N(C)C)CC1. The highest BCUT2D eigenvalue weighted by Gasteiger charge is 2.25. The first-order valence-corrected chi connectivity index (χ1v) is 7.30. The molecule has 1 aliphatic heterocycles. The minimum absolute atomic E-state index is 0.343. The van der Waals surface area contributed by atoms with Gasteiger partial charge in [-0.05, 0) is 32.9 Å². The number of hydrogen-bond acceptors (Lipinski definition) is 4. The molecule has 0 bridgehead atoms. The summed E-state index contributed by atoms with van der Waals surface area (Å²) in [5.41, 5.74) is 1.08. The molecule has 0 N–H and O–H groups in total. The predicted molar refractivity (Wildman–Crippen MR) is 80.1 cm³/mol. The van der Waals surface area contributed by atoms with Crippen molar-refractivity contribution in [2.24, 2.45) is 0 Å². The zero-order valence-electron chi connectivity index (χ0n) is 12.2. The largest absolute Gasteiger partial charge is 0.356 e. The first-order chi connectivity index (χ1) is 9.00. The lowest BCUT2D eigenvalue weighted by Crippen LogP contribution is -2.42. The average Bonchev–Trinajstić information content (AvgIpc) is 2.38. The molecule has 19 heavy (non-hydrogen) atoms. The summed E-state index contributed by atoms with van der Waals surface area (Å²) in [6, 6.07) is 0.677. The van der Waals surface area contributed by atoms with Crippen LogP contribution in [0.1, 0.15) is 38.2 Å². The molecule has 0 saturated carbocycles. The minimum atomic E-state index is 0.343. The number of anilines is 1. The van der Waals surface area contributed by atoms with Gasteiger partial charge in [-0.2, -0.15) is 0 Å². The van der Waals surface area contributed by atoms with Crippen molar-refractivity contribution in [3.63, 3.8) is 0 Å². The summed E-state index contributed by atoms with van der Waals surface area (Å²) < 4.78 is 0. The summed E-state index contributed by atoms with van der Waals surface area (Å²) in [4.78, 5) is 13.3. The number of piperidine rings is 1. The van der Waals surface area contributed by atoms with Crippen LogP contribution in [0.5, 0.6) is 0 Å². The molecular weight excluding hydrogens is 260 g/mol. The first-order valence-electron chi connectivity index (χ1n) is 6.92. The minimum Gasteiger partial charge on any atom is -0.356 e. The van der Waals surface area contributed by atoms with Crippen molar-refractivity contribution in [3.05, 3.63) is 17.0 Å². The van der Waals surface area contributed by atoms with Crippen LogP contribution < -0.4 is 4.90 Å². The van der Waals surface area contributed by atoms with Gasteiger partial charge in [0, 0.05) is 24.7 Å². The summed E-state index contributed by atoms with van der Waals surface area (Å²) in [7, 11) is 4.31. The lowest BCUT2D eigenvalue weighted by Gasteiger charge is -2.36. The van der Waals surface area contributed by atoms with E-state index in [4.69, 9.17) is 11.6 Å². The van der Waals surface area contributed by atoms with Gasteiger partial charge in [0.15, 0.2) is 0 Å². The molecule has 1 saturated heterocycles. The molecule has 0 aromatic carbocycles. The summed E-state index contributed by atoms with van der Waals surface area (Å²) >= 11 is 6.24. The van der Waals surface area contributed by atoms with E-state index in [-0.39, 0.29) is 0 Å². The Kier molecular flexibility index (Phi) is 4.63. The van der Waals surface area contributed by atoms with Gasteiger partial charge in [0.2, 0.25) is 0 Å². The zero-order chi connectivity index (χ0) is 14.0. The number of halogens is 1. The molecule has 0 amide bonds. The molecule has 106 valence electrons.